The average Bonchev–Trinajstić information content (AvgIpc) is 1.88. The number of carbonyl (C=O) groups is 1. The molecule has 0 bridgehead atoms. The Morgan fingerprint density at radius 3 is 1.44 bits per heavy atom. The van der Waals surface area contributed by atoms with Crippen LogP contribution in [-0.4, -0.2) is 26.5 Å². The van der Waals surface area contributed by atoms with E-state index in [-0.39, 0.29) is 6.15 Å². The number of ether oxygens (including phenoxy) is 2. The average molecular weight is 134 g/mol. The highest BCUT2D eigenvalue weighted by atomic mass is 16.7. The van der Waals surface area contributed by atoms with Crippen LogP contribution < -0.4 is 0 Å². The van der Waals surface area contributed by atoms with Gasteiger partial charge in [-0.15, -0.1) is 0 Å². The van der Waals surface area contributed by atoms with Gasteiger partial charge in [-0.3, -0.25) is 0 Å². The van der Waals surface area contributed by atoms with Crippen LogP contribution >= 0.6 is 0 Å². The Labute approximate surface area is 51.6 Å². The quantitative estimate of drug-likeness (QED) is 0.429. The van der Waals surface area contributed by atoms with Gasteiger partial charge in [0.15, 0.2) is 0 Å². The first kappa shape index (κ1) is 10.6. The number of rotatable bonds is 0. The lowest BCUT2D eigenvalue weighted by molar-refractivity contribution is -0.191. The van der Waals surface area contributed by atoms with Crippen molar-refractivity contribution < 1.29 is 23.9 Å². The monoisotopic (exact) mass is 134 g/mol. The summed E-state index contributed by atoms with van der Waals surface area (Å²) in [6.07, 6.45) is -0.407. The summed E-state index contributed by atoms with van der Waals surface area (Å²) in [5.41, 5.74) is 0. The fourth-order valence-electron chi connectivity index (χ4n) is 0.0833. The molecule has 52 valence electrons. The lowest BCUT2D eigenvalue weighted by Crippen LogP contribution is -1.97. The van der Waals surface area contributed by atoms with Gasteiger partial charge in [-0.1, -0.05) is 0 Å². The van der Waals surface area contributed by atoms with Crippen LogP contribution in [0.5, 0.6) is 0 Å². The molecular weight excluding hydrogens is 128 g/mol. The Bertz CT molecular complexity index is 95.5. The fraction of sp³-hybridized carbons (Fsp3) is 0.500. The van der Waals surface area contributed by atoms with Crippen molar-refractivity contribution in [1.29, 1.82) is 0 Å². The van der Waals surface area contributed by atoms with Crippen LogP contribution in [0.2, 0.25) is 0 Å². The zero-order valence-electron chi connectivity index (χ0n) is 5.04. The summed E-state index contributed by atoms with van der Waals surface area (Å²) in [5, 5.41) is 0. The minimum Gasteiger partial charge on any atom is -0.438 e. The van der Waals surface area contributed by atoms with Crippen LogP contribution in [-0.2, 0) is 19.1 Å². The molecule has 0 aromatic rings. The van der Waals surface area contributed by atoms with Gasteiger partial charge in [0.1, 0.15) is 0 Å². The molecule has 5 nitrogen and oxygen atoms in total. The van der Waals surface area contributed by atoms with E-state index in [0.29, 0.717) is 0 Å². The molecule has 0 aliphatic heterocycles. The largest absolute Gasteiger partial charge is 0.507 e. The first-order valence-corrected chi connectivity index (χ1v) is 1.84. The van der Waals surface area contributed by atoms with Crippen molar-refractivity contribution in [2.24, 2.45) is 0 Å². The highest BCUT2D eigenvalue weighted by Gasteiger charge is 1.88. The molecule has 0 fully saturated rings. The Hall–Kier alpha value is -1.35. The normalized spacial score (nSPS) is 5.56. The Morgan fingerprint density at radius 1 is 1.22 bits per heavy atom. The lowest BCUT2D eigenvalue weighted by atomic mass is 11.3. The third-order valence-corrected chi connectivity index (χ3v) is 0.333. The van der Waals surface area contributed by atoms with Crippen molar-refractivity contribution in [2.75, 3.05) is 14.2 Å². The summed E-state index contributed by atoms with van der Waals surface area (Å²) in [7, 11) is 2.51. The standard InChI is InChI=1S/C3H6O3.CO2/c1-5-3(4)6-2;2-1-3/h1-2H3;. The van der Waals surface area contributed by atoms with Crippen molar-refractivity contribution in [3.05, 3.63) is 0 Å². The van der Waals surface area contributed by atoms with Crippen LogP contribution in [0, 0.1) is 0 Å². The second kappa shape index (κ2) is 9.82. The third-order valence-electron chi connectivity index (χ3n) is 0.333. The van der Waals surface area contributed by atoms with Gasteiger partial charge < -0.3 is 9.47 Å². The molecule has 0 atom stereocenters. The predicted molar refractivity (Wildman–Crippen MR) is 24.4 cm³/mol. The predicted octanol–water partition coefficient (Wildman–Crippen LogP) is -0.184. The molecular formula is C4H6O5. The fourth-order valence-corrected chi connectivity index (χ4v) is 0.0833. The van der Waals surface area contributed by atoms with Gasteiger partial charge in [0, 0.05) is 0 Å². The van der Waals surface area contributed by atoms with Crippen molar-refractivity contribution in [1.82, 2.24) is 0 Å². The van der Waals surface area contributed by atoms with Gasteiger partial charge in [-0.05, 0) is 0 Å². The van der Waals surface area contributed by atoms with Gasteiger partial charge in [0.2, 0.25) is 0 Å². The summed E-state index contributed by atoms with van der Waals surface area (Å²) in [5.74, 6) is 0. The molecule has 0 aliphatic rings. The minimum absolute atomic E-state index is 0.250. The summed E-state index contributed by atoms with van der Waals surface area (Å²) in [6.45, 7) is 0. The molecule has 9 heavy (non-hydrogen) atoms. The van der Waals surface area contributed by atoms with E-state index < -0.39 is 6.16 Å². The Morgan fingerprint density at radius 2 is 1.44 bits per heavy atom. The smallest absolute Gasteiger partial charge is 0.438 e. The zero-order valence-corrected chi connectivity index (χ0v) is 5.04. The van der Waals surface area contributed by atoms with Gasteiger partial charge in [0.05, 0.1) is 14.2 Å². The van der Waals surface area contributed by atoms with Gasteiger partial charge in [0.25, 0.3) is 0 Å². The van der Waals surface area contributed by atoms with Gasteiger partial charge in [-0.2, -0.15) is 9.59 Å². The maximum Gasteiger partial charge on any atom is 0.507 e. The van der Waals surface area contributed by atoms with E-state index >= 15 is 0 Å². The second-order valence-corrected chi connectivity index (χ2v) is 0.742. The van der Waals surface area contributed by atoms with E-state index in [1.54, 1.807) is 0 Å². The van der Waals surface area contributed by atoms with Crippen molar-refractivity contribution >= 4 is 12.3 Å². The van der Waals surface area contributed by atoms with Crippen molar-refractivity contribution in [2.45, 2.75) is 0 Å². The van der Waals surface area contributed by atoms with Crippen LogP contribution in [0.3, 0.4) is 0 Å². The topological polar surface area (TPSA) is 69.7 Å². The molecule has 0 aromatic carbocycles. The van der Waals surface area contributed by atoms with E-state index in [4.69, 9.17) is 9.59 Å². The molecule has 0 saturated carbocycles. The summed E-state index contributed by atoms with van der Waals surface area (Å²) < 4.78 is 8.08. The van der Waals surface area contributed by atoms with Crippen molar-refractivity contribution in [3.8, 4) is 0 Å². The molecule has 0 unspecified atom stereocenters. The first-order chi connectivity index (χ1) is 4.22. The van der Waals surface area contributed by atoms with Crippen LogP contribution in [0.15, 0.2) is 0 Å². The maximum atomic E-state index is 9.74. The number of hydrogen-bond acceptors (Lipinski definition) is 5. The molecule has 0 amide bonds. The Balaban J connectivity index is 0. The number of methoxy groups -OCH3 is 2. The molecule has 0 heterocycles. The van der Waals surface area contributed by atoms with E-state index in [9.17, 15) is 4.79 Å². The van der Waals surface area contributed by atoms with Crippen molar-refractivity contribution in [3.63, 3.8) is 0 Å². The Kier molecular flexibility index (Phi) is 11.6. The number of hydrogen-bond donors (Lipinski definition) is 0. The van der Waals surface area contributed by atoms with E-state index in [0.717, 1.165) is 0 Å². The molecule has 0 rings (SSSR count). The highest BCUT2D eigenvalue weighted by Crippen LogP contribution is 1.72. The number of carbonyl (C=O) groups excluding carboxylic acids is 3. The maximum absolute atomic E-state index is 9.74. The van der Waals surface area contributed by atoms with Crippen LogP contribution in [0.1, 0.15) is 0 Å². The van der Waals surface area contributed by atoms with Gasteiger partial charge >= 0.3 is 12.3 Å². The van der Waals surface area contributed by atoms with E-state index in [1.165, 1.54) is 14.2 Å². The highest BCUT2D eigenvalue weighted by molar-refractivity contribution is 5.59. The minimum atomic E-state index is -0.657. The summed E-state index contributed by atoms with van der Waals surface area (Å²) in [4.78, 5) is 26.0. The molecule has 0 aliphatic carbocycles. The lowest BCUT2D eigenvalue weighted by Gasteiger charge is -1.89. The molecule has 0 N–H and O–H groups in total. The van der Waals surface area contributed by atoms with Crippen LogP contribution in [0.25, 0.3) is 0 Å². The summed E-state index contributed by atoms with van der Waals surface area (Å²) >= 11 is 0. The summed E-state index contributed by atoms with van der Waals surface area (Å²) in [6, 6.07) is 0. The molecule has 0 saturated heterocycles. The second-order valence-electron chi connectivity index (χ2n) is 0.742. The third kappa shape index (κ3) is 20.5. The molecule has 0 aromatic heterocycles. The molecule has 0 spiro atoms. The SMILES string of the molecule is COC(=O)OC.O=C=O. The first-order valence-electron chi connectivity index (χ1n) is 1.84. The van der Waals surface area contributed by atoms with Gasteiger partial charge in [-0.25, -0.2) is 4.79 Å². The molecule has 0 radical (unpaired) electrons. The zero-order chi connectivity index (χ0) is 7.70. The molecule has 5 heteroatoms. The van der Waals surface area contributed by atoms with E-state index in [1.807, 2.05) is 0 Å². The van der Waals surface area contributed by atoms with E-state index in [2.05, 4.69) is 9.47 Å². The van der Waals surface area contributed by atoms with Crippen LogP contribution in [0.4, 0.5) is 4.79 Å².